The van der Waals surface area contributed by atoms with Gasteiger partial charge < -0.3 is 4.74 Å². The summed E-state index contributed by atoms with van der Waals surface area (Å²) in [6, 6.07) is 3.59. The lowest BCUT2D eigenvalue weighted by atomic mass is 10.2. The van der Waals surface area contributed by atoms with Crippen molar-refractivity contribution in [3.8, 4) is 0 Å². The largest absolute Gasteiger partial charge is 0.347 e. The number of pyridine rings is 1. The molecule has 2 atom stereocenters. The Hall–Kier alpha value is -0.310. The van der Waals surface area contributed by atoms with Gasteiger partial charge in [0.2, 0.25) is 0 Å². The number of nitrogens with zero attached hydrogens (tertiary/aromatic N) is 1. The summed E-state index contributed by atoms with van der Waals surface area (Å²) in [6.45, 7) is 0. The fraction of sp³-hybridized carbons (Fsp3) is 0.286. The molecule has 2 nitrogen and oxygen atoms in total. The van der Waals surface area contributed by atoms with Crippen LogP contribution in [0.5, 0.6) is 0 Å². The van der Waals surface area contributed by atoms with Crippen LogP contribution in [0, 0.1) is 0 Å². The molecule has 58 valence electrons. The number of hydrogen-bond acceptors (Lipinski definition) is 2. The van der Waals surface area contributed by atoms with E-state index in [1.54, 1.807) is 12.3 Å². The number of halogens is 2. The Bertz CT molecular complexity index is 262. The van der Waals surface area contributed by atoms with Crippen LogP contribution >= 0.6 is 23.2 Å². The molecule has 0 bridgehead atoms. The van der Waals surface area contributed by atoms with Crippen molar-refractivity contribution in [3.05, 3.63) is 29.0 Å². The van der Waals surface area contributed by atoms with E-state index in [0.29, 0.717) is 5.15 Å². The second-order valence-corrected chi connectivity index (χ2v) is 3.14. The van der Waals surface area contributed by atoms with Crippen LogP contribution in [-0.4, -0.2) is 10.5 Å². The van der Waals surface area contributed by atoms with Gasteiger partial charge in [-0.3, -0.25) is 0 Å². The van der Waals surface area contributed by atoms with E-state index >= 15 is 0 Å². The summed E-state index contributed by atoms with van der Waals surface area (Å²) in [5.41, 5.74) is 0.798. The predicted octanol–water partition coefficient (Wildman–Crippen LogP) is 2.37. The first kappa shape index (κ1) is 7.35. The van der Waals surface area contributed by atoms with Gasteiger partial charge in [-0.05, 0) is 6.07 Å². The maximum Gasteiger partial charge on any atom is 0.162 e. The standard InChI is InChI=1S/C7H5Cl2NO/c8-5-2-1-4(3-10-5)6-7(9)11-6/h1-3,6-7H. The summed E-state index contributed by atoms with van der Waals surface area (Å²) in [7, 11) is 0. The second kappa shape index (κ2) is 2.63. The molecule has 0 radical (unpaired) electrons. The van der Waals surface area contributed by atoms with Gasteiger partial charge in [-0.25, -0.2) is 4.98 Å². The van der Waals surface area contributed by atoms with Gasteiger partial charge in [-0.2, -0.15) is 0 Å². The Balaban J connectivity index is 2.21. The predicted molar refractivity (Wildman–Crippen MR) is 42.7 cm³/mol. The molecule has 1 fully saturated rings. The molecular weight excluding hydrogens is 185 g/mol. The molecule has 1 saturated heterocycles. The topological polar surface area (TPSA) is 25.4 Å². The van der Waals surface area contributed by atoms with Crippen LogP contribution in [0.25, 0.3) is 0 Å². The lowest BCUT2D eigenvalue weighted by Gasteiger charge is -1.92. The Morgan fingerprint density at radius 2 is 2.18 bits per heavy atom. The summed E-state index contributed by atoms with van der Waals surface area (Å²) in [6.07, 6.45) is 1.69. The first-order chi connectivity index (χ1) is 5.27. The van der Waals surface area contributed by atoms with Gasteiger partial charge in [0.05, 0.1) is 0 Å². The first-order valence-electron chi connectivity index (χ1n) is 3.18. The zero-order valence-corrected chi connectivity index (χ0v) is 7.01. The number of epoxide rings is 1. The highest BCUT2D eigenvalue weighted by Gasteiger charge is 2.38. The normalized spacial score (nSPS) is 28.5. The zero-order valence-electron chi connectivity index (χ0n) is 5.50. The molecule has 11 heavy (non-hydrogen) atoms. The maximum absolute atomic E-state index is 5.64. The van der Waals surface area contributed by atoms with E-state index in [1.807, 2.05) is 6.07 Å². The van der Waals surface area contributed by atoms with Crippen LogP contribution in [0.4, 0.5) is 0 Å². The van der Waals surface area contributed by atoms with Gasteiger partial charge in [-0.15, -0.1) is 0 Å². The van der Waals surface area contributed by atoms with Crippen molar-refractivity contribution in [2.24, 2.45) is 0 Å². The Morgan fingerprint density at radius 3 is 2.64 bits per heavy atom. The minimum atomic E-state index is -0.182. The third-order valence-electron chi connectivity index (χ3n) is 1.52. The number of ether oxygens (including phenoxy) is 1. The molecular formula is C7H5Cl2NO. The SMILES string of the molecule is Clc1ccc(C2OC2Cl)cn1. The van der Waals surface area contributed by atoms with Crippen LogP contribution in [0.2, 0.25) is 5.15 Å². The molecule has 0 N–H and O–H groups in total. The highest BCUT2D eigenvalue weighted by Crippen LogP contribution is 2.40. The molecule has 2 unspecified atom stereocenters. The van der Waals surface area contributed by atoms with Crippen LogP contribution in [-0.2, 0) is 4.74 Å². The highest BCUT2D eigenvalue weighted by molar-refractivity contribution is 6.29. The molecule has 1 aliphatic rings. The molecule has 0 spiro atoms. The van der Waals surface area contributed by atoms with Crippen molar-refractivity contribution in [1.82, 2.24) is 4.98 Å². The van der Waals surface area contributed by atoms with Crippen molar-refractivity contribution in [2.75, 3.05) is 0 Å². The van der Waals surface area contributed by atoms with Crippen LogP contribution < -0.4 is 0 Å². The smallest absolute Gasteiger partial charge is 0.162 e. The minimum Gasteiger partial charge on any atom is -0.347 e. The summed E-state index contributed by atoms with van der Waals surface area (Å²) < 4.78 is 5.03. The van der Waals surface area contributed by atoms with Crippen molar-refractivity contribution >= 4 is 23.2 Å². The average molecular weight is 190 g/mol. The third kappa shape index (κ3) is 1.48. The van der Waals surface area contributed by atoms with Crippen molar-refractivity contribution in [1.29, 1.82) is 0 Å². The van der Waals surface area contributed by atoms with Crippen molar-refractivity contribution in [3.63, 3.8) is 0 Å². The zero-order chi connectivity index (χ0) is 7.84. The third-order valence-corrected chi connectivity index (χ3v) is 2.07. The van der Waals surface area contributed by atoms with E-state index in [-0.39, 0.29) is 11.7 Å². The monoisotopic (exact) mass is 189 g/mol. The van der Waals surface area contributed by atoms with E-state index in [4.69, 9.17) is 27.9 Å². The molecule has 0 saturated carbocycles. The fourth-order valence-electron chi connectivity index (χ4n) is 0.880. The molecule has 1 aromatic rings. The Kier molecular flexibility index (Phi) is 1.75. The lowest BCUT2D eigenvalue weighted by molar-refractivity contribution is 0.404. The Labute approximate surface area is 74.1 Å². The molecule has 0 amide bonds. The number of rotatable bonds is 1. The number of alkyl halides is 1. The summed E-state index contributed by atoms with van der Waals surface area (Å²) in [4.78, 5) is 3.90. The van der Waals surface area contributed by atoms with E-state index in [0.717, 1.165) is 5.56 Å². The van der Waals surface area contributed by atoms with Crippen molar-refractivity contribution < 1.29 is 4.74 Å². The van der Waals surface area contributed by atoms with Gasteiger partial charge in [0.15, 0.2) is 5.56 Å². The van der Waals surface area contributed by atoms with E-state index in [9.17, 15) is 0 Å². The van der Waals surface area contributed by atoms with Gasteiger partial charge in [0, 0.05) is 11.8 Å². The van der Waals surface area contributed by atoms with Crippen LogP contribution in [0.15, 0.2) is 18.3 Å². The van der Waals surface area contributed by atoms with Gasteiger partial charge in [0.1, 0.15) is 11.3 Å². The average Bonchev–Trinajstić information content (AvgIpc) is 2.69. The number of hydrogen-bond donors (Lipinski definition) is 0. The fourth-order valence-corrected chi connectivity index (χ4v) is 1.25. The molecule has 1 aliphatic heterocycles. The summed E-state index contributed by atoms with van der Waals surface area (Å²) in [5, 5.41) is 0.487. The van der Waals surface area contributed by atoms with Crippen molar-refractivity contribution in [2.45, 2.75) is 11.7 Å². The van der Waals surface area contributed by atoms with Gasteiger partial charge in [0.25, 0.3) is 0 Å². The summed E-state index contributed by atoms with van der Waals surface area (Å²) in [5.74, 6) is 0. The quantitative estimate of drug-likeness (QED) is 0.386. The molecule has 0 aromatic carbocycles. The van der Waals surface area contributed by atoms with Gasteiger partial charge in [-0.1, -0.05) is 29.3 Å². The molecule has 0 aliphatic carbocycles. The highest BCUT2D eigenvalue weighted by atomic mass is 35.5. The molecule has 2 rings (SSSR count). The van der Waals surface area contributed by atoms with Gasteiger partial charge >= 0.3 is 0 Å². The van der Waals surface area contributed by atoms with E-state index in [2.05, 4.69) is 4.98 Å². The maximum atomic E-state index is 5.64. The lowest BCUT2D eigenvalue weighted by Crippen LogP contribution is -1.83. The second-order valence-electron chi connectivity index (χ2n) is 2.32. The molecule has 2 heterocycles. The van der Waals surface area contributed by atoms with E-state index in [1.165, 1.54) is 0 Å². The first-order valence-corrected chi connectivity index (χ1v) is 4.00. The molecule has 4 heteroatoms. The minimum absolute atomic E-state index is 0.0152. The van der Waals surface area contributed by atoms with Crippen LogP contribution in [0.1, 0.15) is 11.7 Å². The molecule has 1 aromatic heterocycles. The Morgan fingerprint density at radius 1 is 1.45 bits per heavy atom. The summed E-state index contributed by atoms with van der Waals surface area (Å²) >= 11 is 11.2. The number of aromatic nitrogens is 1. The van der Waals surface area contributed by atoms with E-state index < -0.39 is 0 Å². The van der Waals surface area contributed by atoms with Crippen LogP contribution in [0.3, 0.4) is 0 Å².